The minimum absolute atomic E-state index is 0.444. The Balaban J connectivity index is 2.45. The van der Waals surface area contributed by atoms with Crippen LogP contribution in [-0.2, 0) is 0 Å². The van der Waals surface area contributed by atoms with Gasteiger partial charge in [-0.1, -0.05) is 43.4 Å². The Morgan fingerprint density at radius 1 is 1.40 bits per heavy atom. The maximum Gasteiger partial charge on any atom is 0.0250 e. The van der Waals surface area contributed by atoms with Crippen LogP contribution in [0, 0.1) is 5.41 Å². The standard InChI is InChI=1S/C8H16IN/c1-8(2,3)7-4-6(9)5-10-7/h6-7,10H,4-5H2,1-3H3. The van der Waals surface area contributed by atoms with E-state index in [1.54, 1.807) is 0 Å². The molecule has 0 aromatic heterocycles. The molecule has 60 valence electrons. The SMILES string of the molecule is CC(C)(C)C1CC(I)CN1. The highest BCUT2D eigenvalue weighted by molar-refractivity contribution is 14.1. The second kappa shape index (κ2) is 2.97. The smallest absolute Gasteiger partial charge is 0.0250 e. The first-order valence-corrected chi connectivity index (χ1v) is 5.12. The topological polar surface area (TPSA) is 12.0 Å². The van der Waals surface area contributed by atoms with Crippen molar-refractivity contribution in [3.05, 3.63) is 0 Å². The molecule has 0 saturated carbocycles. The van der Waals surface area contributed by atoms with Gasteiger partial charge in [0, 0.05) is 16.5 Å². The lowest BCUT2D eigenvalue weighted by Gasteiger charge is -2.26. The molecular formula is C8H16IN. The van der Waals surface area contributed by atoms with Gasteiger partial charge in [-0.15, -0.1) is 0 Å². The van der Waals surface area contributed by atoms with E-state index >= 15 is 0 Å². The summed E-state index contributed by atoms with van der Waals surface area (Å²) in [5.74, 6) is 0. The van der Waals surface area contributed by atoms with Gasteiger partial charge in [0.25, 0.3) is 0 Å². The summed E-state index contributed by atoms with van der Waals surface area (Å²) in [6.07, 6.45) is 1.34. The molecule has 0 aromatic rings. The van der Waals surface area contributed by atoms with Crippen molar-refractivity contribution in [2.24, 2.45) is 5.41 Å². The summed E-state index contributed by atoms with van der Waals surface area (Å²) in [7, 11) is 0. The fraction of sp³-hybridized carbons (Fsp3) is 1.00. The Labute approximate surface area is 77.1 Å². The van der Waals surface area contributed by atoms with E-state index in [1.165, 1.54) is 13.0 Å². The van der Waals surface area contributed by atoms with Gasteiger partial charge in [0.2, 0.25) is 0 Å². The Hall–Kier alpha value is 0.690. The monoisotopic (exact) mass is 253 g/mol. The largest absolute Gasteiger partial charge is 0.312 e. The van der Waals surface area contributed by atoms with Gasteiger partial charge >= 0.3 is 0 Å². The van der Waals surface area contributed by atoms with Crippen molar-refractivity contribution in [3.8, 4) is 0 Å². The third kappa shape index (κ3) is 2.09. The molecule has 0 aliphatic carbocycles. The summed E-state index contributed by atoms with van der Waals surface area (Å²) in [5.41, 5.74) is 0.444. The number of rotatable bonds is 0. The van der Waals surface area contributed by atoms with Gasteiger partial charge in [0.05, 0.1) is 0 Å². The fourth-order valence-electron chi connectivity index (χ4n) is 1.35. The molecule has 0 amide bonds. The molecule has 1 heterocycles. The molecule has 2 heteroatoms. The molecule has 2 atom stereocenters. The quantitative estimate of drug-likeness (QED) is 0.515. The molecule has 1 nitrogen and oxygen atoms in total. The summed E-state index contributed by atoms with van der Waals surface area (Å²) < 4.78 is 0.849. The zero-order valence-corrected chi connectivity index (χ0v) is 9.10. The minimum Gasteiger partial charge on any atom is -0.312 e. The highest BCUT2D eigenvalue weighted by Crippen LogP contribution is 2.28. The van der Waals surface area contributed by atoms with E-state index in [1.807, 2.05) is 0 Å². The van der Waals surface area contributed by atoms with Gasteiger partial charge in [0.15, 0.2) is 0 Å². The molecule has 1 rings (SSSR count). The molecule has 1 aliphatic heterocycles. The average Bonchev–Trinajstić information content (AvgIpc) is 2.11. The van der Waals surface area contributed by atoms with Crippen molar-refractivity contribution < 1.29 is 0 Å². The van der Waals surface area contributed by atoms with Crippen LogP contribution in [0.3, 0.4) is 0 Å². The van der Waals surface area contributed by atoms with E-state index in [9.17, 15) is 0 Å². The summed E-state index contributed by atoms with van der Waals surface area (Å²) in [5, 5.41) is 3.54. The van der Waals surface area contributed by atoms with E-state index in [4.69, 9.17) is 0 Å². The number of nitrogens with one attached hydrogen (secondary N) is 1. The highest BCUT2D eigenvalue weighted by atomic mass is 127. The Kier molecular flexibility index (Phi) is 2.61. The minimum atomic E-state index is 0.444. The van der Waals surface area contributed by atoms with Crippen molar-refractivity contribution in [2.75, 3.05) is 6.54 Å². The van der Waals surface area contributed by atoms with Crippen molar-refractivity contribution in [2.45, 2.75) is 37.2 Å². The normalized spacial score (nSPS) is 34.8. The van der Waals surface area contributed by atoms with E-state index in [0.717, 1.165) is 9.97 Å². The van der Waals surface area contributed by atoms with E-state index < -0.39 is 0 Å². The maximum atomic E-state index is 3.54. The fourth-order valence-corrected chi connectivity index (χ4v) is 2.12. The highest BCUT2D eigenvalue weighted by Gasteiger charge is 2.30. The first kappa shape index (κ1) is 8.78. The third-order valence-corrected chi connectivity index (χ3v) is 3.07. The summed E-state index contributed by atoms with van der Waals surface area (Å²) in [6.45, 7) is 8.11. The number of alkyl halides is 1. The van der Waals surface area contributed by atoms with Crippen LogP contribution < -0.4 is 5.32 Å². The summed E-state index contributed by atoms with van der Waals surface area (Å²) >= 11 is 2.52. The predicted octanol–water partition coefficient (Wildman–Crippen LogP) is 2.20. The molecule has 1 aliphatic rings. The predicted molar refractivity (Wildman–Crippen MR) is 53.7 cm³/mol. The second-order valence-electron chi connectivity index (χ2n) is 4.16. The Bertz CT molecular complexity index is 117. The molecule has 0 bridgehead atoms. The van der Waals surface area contributed by atoms with Gasteiger partial charge < -0.3 is 5.32 Å². The maximum absolute atomic E-state index is 3.54. The molecule has 0 radical (unpaired) electrons. The van der Waals surface area contributed by atoms with Gasteiger partial charge in [-0.3, -0.25) is 0 Å². The lowest BCUT2D eigenvalue weighted by Crippen LogP contribution is -2.34. The Morgan fingerprint density at radius 3 is 2.20 bits per heavy atom. The van der Waals surface area contributed by atoms with Crippen molar-refractivity contribution in [1.82, 2.24) is 5.32 Å². The average molecular weight is 253 g/mol. The van der Waals surface area contributed by atoms with Crippen molar-refractivity contribution in [3.63, 3.8) is 0 Å². The van der Waals surface area contributed by atoms with E-state index in [0.29, 0.717) is 5.41 Å². The van der Waals surface area contributed by atoms with Gasteiger partial charge in [0.1, 0.15) is 0 Å². The summed E-state index contributed by atoms with van der Waals surface area (Å²) in [6, 6.07) is 0.731. The Morgan fingerprint density at radius 2 is 2.00 bits per heavy atom. The lowest BCUT2D eigenvalue weighted by molar-refractivity contribution is 0.296. The van der Waals surface area contributed by atoms with Crippen LogP contribution >= 0.6 is 22.6 Å². The summed E-state index contributed by atoms with van der Waals surface area (Å²) in [4.78, 5) is 0. The van der Waals surface area contributed by atoms with E-state index in [-0.39, 0.29) is 0 Å². The van der Waals surface area contributed by atoms with Crippen LogP contribution in [-0.4, -0.2) is 16.5 Å². The van der Waals surface area contributed by atoms with Crippen LogP contribution in [0.2, 0.25) is 0 Å². The first-order chi connectivity index (χ1) is 4.50. The molecule has 10 heavy (non-hydrogen) atoms. The molecule has 2 unspecified atom stereocenters. The lowest BCUT2D eigenvalue weighted by atomic mass is 9.86. The first-order valence-electron chi connectivity index (χ1n) is 3.87. The van der Waals surface area contributed by atoms with Crippen LogP contribution in [0.1, 0.15) is 27.2 Å². The van der Waals surface area contributed by atoms with Gasteiger partial charge in [-0.25, -0.2) is 0 Å². The number of halogens is 1. The number of hydrogen-bond acceptors (Lipinski definition) is 1. The van der Waals surface area contributed by atoms with Gasteiger partial charge in [-0.2, -0.15) is 0 Å². The van der Waals surface area contributed by atoms with Crippen LogP contribution in [0.15, 0.2) is 0 Å². The van der Waals surface area contributed by atoms with Gasteiger partial charge in [-0.05, 0) is 11.8 Å². The number of hydrogen-bond donors (Lipinski definition) is 1. The molecule has 0 aromatic carbocycles. The molecular weight excluding hydrogens is 237 g/mol. The zero-order valence-electron chi connectivity index (χ0n) is 6.95. The van der Waals surface area contributed by atoms with Crippen molar-refractivity contribution in [1.29, 1.82) is 0 Å². The van der Waals surface area contributed by atoms with Crippen LogP contribution in [0.4, 0.5) is 0 Å². The molecule has 1 fully saturated rings. The molecule has 0 spiro atoms. The third-order valence-electron chi connectivity index (χ3n) is 2.12. The molecule has 1 N–H and O–H groups in total. The van der Waals surface area contributed by atoms with Crippen LogP contribution in [0.5, 0.6) is 0 Å². The zero-order chi connectivity index (χ0) is 7.78. The van der Waals surface area contributed by atoms with Crippen molar-refractivity contribution >= 4 is 22.6 Å². The van der Waals surface area contributed by atoms with E-state index in [2.05, 4.69) is 48.7 Å². The molecule has 1 saturated heterocycles. The van der Waals surface area contributed by atoms with Crippen LogP contribution in [0.25, 0.3) is 0 Å². The second-order valence-corrected chi connectivity index (χ2v) is 5.92.